The van der Waals surface area contributed by atoms with Gasteiger partial charge in [-0.2, -0.15) is 0 Å². The molecular weight excluding hydrogens is 262 g/mol. The number of rotatable bonds is 2. The van der Waals surface area contributed by atoms with Crippen molar-refractivity contribution < 1.29 is 9.53 Å². The first-order valence-corrected chi connectivity index (χ1v) is 7.38. The quantitative estimate of drug-likeness (QED) is 0.608. The average Bonchev–Trinajstić information content (AvgIpc) is 2.66. The van der Waals surface area contributed by atoms with Crippen molar-refractivity contribution in [2.45, 2.75) is 40.2 Å². The van der Waals surface area contributed by atoms with Crippen LogP contribution in [0.1, 0.15) is 44.4 Å². The number of anilines is 1. The van der Waals surface area contributed by atoms with E-state index in [0.29, 0.717) is 12.2 Å². The molecule has 0 saturated carbocycles. The molecule has 0 spiro atoms. The lowest BCUT2D eigenvalue weighted by Gasteiger charge is -2.38. The van der Waals surface area contributed by atoms with Gasteiger partial charge in [-0.05, 0) is 57.9 Å². The van der Waals surface area contributed by atoms with Gasteiger partial charge in [-0.1, -0.05) is 6.08 Å². The molecule has 0 aromatic heterocycles. The minimum absolute atomic E-state index is 0.0269. The molecule has 110 valence electrons. The van der Waals surface area contributed by atoms with E-state index >= 15 is 0 Å². The number of nitrogens with zero attached hydrogens (tertiary/aromatic N) is 1. The van der Waals surface area contributed by atoms with Gasteiger partial charge in [0.2, 0.25) is 0 Å². The van der Waals surface area contributed by atoms with Gasteiger partial charge in [0.1, 0.15) is 0 Å². The van der Waals surface area contributed by atoms with Crippen molar-refractivity contribution >= 4 is 22.7 Å². The lowest BCUT2D eigenvalue weighted by atomic mass is 9.88. The minimum atomic E-state index is -0.319. The highest BCUT2D eigenvalue weighted by Crippen LogP contribution is 2.49. The highest BCUT2D eigenvalue weighted by atomic mass is 16.5. The summed E-state index contributed by atoms with van der Waals surface area (Å²) in [6.07, 6.45) is 3.78. The first-order valence-electron chi connectivity index (χ1n) is 7.38. The van der Waals surface area contributed by atoms with E-state index in [1.54, 1.807) is 6.26 Å². The van der Waals surface area contributed by atoms with E-state index in [-0.39, 0.29) is 11.4 Å². The number of carbonyl (C=O) groups is 1. The molecule has 2 heterocycles. The van der Waals surface area contributed by atoms with Crippen LogP contribution in [0.5, 0.6) is 0 Å². The number of allylic oxidation sites excluding steroid dienone is 1. The summed E-state index contributed by atoms with van der Waals surface area (Å²) in [7, 11) is 0. The molecule has 0 radical (unpaired) electrons. The maximum atomic E-state index is 12.9. The number of aryl methyl sites for hydroxylation is 1. The Kier molecular flexibility index (Phi) is 2.97. The molecule has 0 fully saturated rings. The van der Waals surface area contributed by atoms with Crippen molar-refractivity contribution in [3.8, 4) is 0 Å². The van der Waals surface area contributed by atoms with Crippen LogP contribution < -0.4 is 4.90 Å². The second-order valence-electron chi connectivity index (χ2n) is 6.32. The molecule has 0 bridgehead atoms. The molecule has 1 aromatic rings. The molecule has 0 unspecified atom stereocenters. The Hall–Kier alpha value is -2.03. The molecule has 3 rings (SSSR count). The summed E-state index contributed by atoms with van der Waals surface area (Å²) in [5.41, 5.74) is 5.89. The fourth-order valence-electron chi connectivity index (χ4n) is 3.37. The van der Waals surface area contributed by atoms with Crippen LogP contribution >= 0.6 is 0 Å². The standard InChI is InChI=1S/C18H21NO2/c1-6-21-10-15-14-8-11(2)7-13-12(3)9-18(4,5)19(16(13)14)17(15)20/h7-10H,6H2,1-5H3/b15-10-. The Bertz CT molecular complexity index is 695. The molecule has 0 aliphatic carbocycles. The highest BCUT2D eigenvalue weighted by molar-refractivity contribution is 6.34. The third-order valence-corrected chi connectivity index (χ3v) is 4.14. The van der Waals surface area contributed by atoms with Gasteiger partial charge >= 0.3 is 0 Å². The molecule has 1 amide bonds. The van der Waals surface area contributed by atoms with E-state index in [4.69, 9.17) is 4.74 Å². The Morgan fingerprint density at radius 2 is 1.90 bits per heavy atom. The van der Waals surface area contributed by atoms with Crippen LogP contribution in [0.4, 0.5) is 5.69 Å². The van der Waals surface area contributed by atoms with E-state index < -0.39 is 0 Å². The zero-order valence-electron chi connectivity index (χ0n) is 13.3. The summed E-state index contributed by atoms with van der Waals surface area (Å²) < 4.78 is 5.41. The molecule has 1 aromatic carbocycles. The fraction of sp³-hybridized carbons (Fsp3) is 0.389. The third-order valence-electron chi connectivity index (χ3n) is 4.14. The maximum absolute atomic E-state index is 12.9. The molecule has 3 heteroatoms. The summed E-state index contributed by atoms with van der Waals surface area (Å²) in [4.78, 5) is 14.8. The monoisotopic (exact) mass is 283 g/mol. The predicted molar refractivity (Wildman–Crippen MR) is 86.0 cm³/mol. The zero-order chi connectivity index (χ0) is 15.4. The predicted octanol–water partition coefficient (Wildman–Crippen LogP) is 3.91. The topological polar surface area (TPSA) is 29.5 Å². The van der Waals surface area contributed by atoms with Gasteiger partial charge in [-0.15, -0.1) is 0 Å². The molecule has 0 atom stereocenters. The zero-order valence-corrected chi connectivity index (χ0v) is 13.3. The Morgan fingerprint density at radius 1 is 1.24 bits per heavy atom. The Balaban J connectivity index is 2.31. The normalized spacial score (nSPS) is 20.6. The molecule has 2 aliphatic rings. The van der Waals surface area contributed by atoms with Crippen molar-refractivity contribution in [2.24, 2.45) is 0 Å². The van der Waals surface area contributed by atoms with Crippen molar-refractivity contribution in [1.29, 1.82) is 0 Å². The second-order valence-corrected chi connectivity index (χ2v) is 6.32. The van der Waals surface area contributed by atoms with Crippen molar-refractivity contribution in [3.63, 3.8) is 0 Å². The summed E-state index contributed by atoms with van der Waals surface area (Å²) >= 11 is 0. The first kappa shape index (κ1) is 13.9. The van der Waals surface area contributed by atoms with Crippen molar-refractivity contribution in [3.05, 3.63) is 41.2 Å². The minimum Gasteiger partial charge on any atom is -0.501 e. The summed E-state index contributed by atoms with van der Waals surface area (Å²) in [6, 6.07) is 4.24. The second kappa shape index (κ2) is 4.48. The van der Waals surface area contributed by atoms with Crippen LogP contribution in [-0.4, -0.2) is 18.1 Å². The molecule has 3 nitrogen and oxygen atoms in total. The van der Waals surface area contributed by atoms with Crippen LogP contribution in [0.25, 0.3) is 11.1 Å². The molecule has 21 heavy (non-hydrogen) atoms. The van der Waals surface area contributed by atoms with Crippen LogP contribution in [0, 0.1) is 6.92 Å². The summed E-state index contributed by atoms with van der Waals surface area (Å²) in [5.74, 6) is 0.0269. The van der Waals surface area contributed by atoms with Gasteiger partial charge in [0.15, 0.2) is 0 Å². The van der Waals surface area contributed by atoms with Crippen LogP contribution in [0.3, 0.4) is 0 Å². The highest BCUT2D eigenvalue weighted by Gasteiger charge is 2.44. The number of amides is 1. The van der Waals surface area contributed by atoms with Gasteiger partial charge in [0.05, 0.1) is 29.7 Å². The number of benzene rings is 1. The maximum Gasteiger partial charge on any atom is 0.262 e. The molecular formula is C18H21NO2. The average molecular weight is 283 g/mol. The van der Waals surface area contributed by atoms with E-state index in [0.717, 1.165) is 22.4 Å². The Morgan fingerprint density at radius 3 is 2.57 bits per heavy atom. The number of hydrogen-bond donors (Lipinski definition) is 0. The SMILES string of the molecule is CCO/C=C1\C(=O)N2c3c(cc(C)cc31)C(C)=CC2(C)C. The van der Waals surface area contributed by atoms with Gasteiger partial charge in [-0.3, -0.25) is 9.69 Å². The molecule has 0 saturated heterocycles. The third kappa shape index (κ3) is 1.91. The number of hydrogen-bond acceptors (Lipinski definition) is 2. The van der Waals surface area contributed by atoms with Crippen LogP contribution in [-0.2, 0) is 9.53 Å². The molecule has 0 N–H and O–H groups in total. The van der Waals surface area contributed by atoms with Gasteiger partial charge in [0, 0.05) is 11.1 Å². The largest absolute Gasteiger partial charge is 0.501 e. The van der Waals surface area contributed by atoms with E-state index in [1.807, 2.05) is 11.8 Å². The lowest BCUT2D eigenvalue weighted by Crippen LogP contribution is -2.46. The summed E-state index contributed by atoms with van der Waals surface area (Å²) in [5, 5.41) is 0. The van der Waals surface area contributed by atoms with E-state index in [1.165, 1.54) is 5.57 Å². The number of ether oxygens (including phenoxy) is 1. The van der Waals surface area contributed by atoms with Crippen LogP contribution in [0.15, 0.2) is 24.5 Å². The fourth-order valence-corrected chi connectivity index (χ4v) is 3.37. The summed E-state index contributed by atoms with van der Waals surface area (Å²) in [6.45, 7) is 10.8. The molecule has 2 aliphatic heterocycles. The van der Waals surface area contributed by atoms with Crippen molar-refractivity contribution in [2.75, 3.05) is 11.5 Å². The van der Waals surface area contributed by atoms with Gasteiger partial charge < -0.3 is 4.74 Å². The van der Waals surface area contributed by atoms with Gasteiger partial charge in [-0.25, -0.2) is 0 Å². The number of carbonyl (C=O) groups excluding carboxylic acids is 1. The Labute approximate surface area is 125 Å². The van der Waals surface area contributed by atoms with E-state index in [9.17, 15) is 4.79 Å². The lowest BCUT2D eigenvalue weighted by molar-refractivity contribution is -0.113. The van der Waals surface area contributed by atoms with Crippen molar-refractivity contribution in [1.82, 2.24) is 0 Å². The van der Waals surface area contributed by atoms with Gasteiger partial charge in [0.25, 0.3) is 5.91 Å². The smallest absolute Gasteiger partial charge is 0.262 e. The van der Waals surface area contributed by atoms with Crippen LogP contribution in [0.2, 0.25) is 0 Å². The van der Waals surface area contributed by atoms with E-state index in [2.05, 4.69) is 45.9 Å². The first-order chi connectivity index (χ1) is 9.86.